The van der Waals surface area contributed by atoms with Gasteiger partial charge in [-0.25, -0.2) is 4.57 Å². The Labute approximate surface area is 99.7 Å². The number of nitrogens with two attached hydrogens (primary N) is 1. The molecule has 0 aliphatic carbocycles. The predicted molar refractivity (Wildman–Crippen MR) is 67.5 cm³/mol. The summed E-state index contributed by atoms with van der Waals surface area (Å²) in [6, 6.07) is 0. The number of hydrogen-bond acceptors (Lipinski definition) is 4. The fraction of sp³-hybridized carbons (Fsp3) is 1.00. The zero-order valence-corrected chi connectivity index (χ0v) is 10.9. The van der Waals surface area contributed by atoms with Crippen LogP contribution in [0, 0.1) is 0 Å². The molecule has 102 valence electrons. The lowest BCUT2D eigenvalue weighted by molar-refractivity contribution is 0.397. The highest BCUT2D eigenvalue weighted by atomic mass is 32.7. The van der Waals surface area contributed by atoms with Crippen molar-refractivity contribution in [1.82, 2.24) is 5.32 Å². The van der Waals surface area contributed by atoms with Crippen LogP contribution in [0.25, 0.3) is 0 Å². The molecule has 0 rings (SSSR count). The smallest absolute Gasteiger partial charge is 0.383 e. The highest BCUT2D eigenvalue weighted by Gasteiger charge is 2.11. The molecule has 0 unspecified atom stereocenters. The summed E-state index contributed by atoms with van der Waals surface area (Å²) in [6.45, 7) is -1.41. The quantitative estimate of drug-likeness (QED) is 0.309. The molecule has 0 aromatic heterocycles. The Morgan fingerprint density at radius 1 is 1.12 bits per heavy atom. The lowest BCUT2D eigenvalue weighted by Crippen LogP contribution is -2.18. The molecule has 0 radical (unpaired) electrons. The van der Waals surface area contributed by atoms with Crippen molar-refractivity contribution in [2.75, 3.05) is 25.4 Å². The predicted octanol–water partition coefficient (Wildman–Crippen LogP) is -1.12. The maximum absolute atomic E-state index is 10.4. The molecule has 0 spiro atoms. The van der Waals surface area contributed by atoms with E-state index in [2.05, 4.69) is 5.32 Å². The molecule has 7 nitrogen and oxygen atoms in total. The maximum atomic E-state index is 10.4. The SMILES string of the molecule is NCCCCNCCCSP(=O)(O)O.O.O. The van der Waals surface area contributed by atoms with Crippen molar-refractivity contribution in [3.8, 4) is 0 Å². The minimum atomic E-state index is -3.86. The van der Waals surface area contributed by atoms with E-state index in [1.807, 2.05) is 0 Å². The van der Waals surface area contributed by atoms with Gasteiger partial charge in [-0.2, -0.15) is 0 Å². The summed E-state index contributed by atoms with van der Waals surface area (Å²) in [5, 5.41) is 3.18. The monoisotopic (exact) mass is 278 g/mol. The van der Waals surface area contributed by atoms with Gasteiger partial charge in [0, 0.05) is 5.75 Å². The highest BCUT2D eigenvalue weighted by molar-refractivity contribution is 8.54. The minimum absolute atomic E-state index is 0. The summed E-state index contributed by atoms with van der Waals surface area (Å²) < 4.78 is 10.4. The largest absolute Gasteiger partial charge is 0.412 e. The second-order valence-electron chi connectivity index (χ2n) is 2.92. The minimum Gasteiger partial charge on any atom is -0.412 e. The fourth-order valence-electron chi connectivity index (χ4n) is 0.900. The molecule has 9 N–H and O–H groups in total. The molecule has 0 aliphatic heterocycles. The van der Waals surface area contributed by atoms with Crippen LogP contribution >= 0.6 is 18.2 Å². The summed E-state index contributed by atoms with van der Waals surface area (Å²) >= 11 is 0.709. The van der Waals surface area contributed by atoms with Crippen LogP contribution in [0.1, 0.15) is 19.3 Å². The number of nitrogens with one attached hydrogen (secondary N) is 1. The molecule has 0 heterocycles. The molecule has 0 saturated heterocycles. The van der Waals surface area contributed by atoms with Gasteiger partial charge in [0.25, 0.3) is 0 Å². The number of unbranched alkanes of at least 4 members (excludes halogenated alkanes) is 1. The van der Waals surface area contributed by atoms with Crippen LogP contribution in [0.15, 0.2) is 0 Å². The van der Waals surface area contributed by atoms with Crippen LogP contribution in [-0.4, -0.2) is 46.1 Å². The summed E-state index contributed by atoms with van der Waals surface area (Å²) in [4.78, 5) is 17.1. The van der Waals surface area contributed by atoms with Gasteiger partial charge in [-0.15, -0.1) is 0 Å². The molecule has 0 amide bonds. The third kappa shape index (κ3) is 19.8. The van der Waals surface area contributed by atoms with E-state index in [9.17, 15) is 4.57 Å². The van der Waals surface area contributed by atoms with E-state index in [-0.39, 0.29) is 11.0 Å². The van der Waals surface area contributed by atoms with Crippen LogP contribution in [0.4, 0.5) is 0 Å². The normalized spacial score (nSPS) is 10.4. The van der Waals surface area contributed by atoms with E-state index in [1.165, 1.54) is 0 Å². The maximum Gasteiger partial charge on any atom is 0.383 e. The van der Waals surface area contributed by atoms with E-state index >= 15 is 0 Å². The third-order valence-electron chi connectivity index (χ3n) is 1.57. The molecule has 0 aromatic carbocycles. The van der Waals surface area contributed by atoms with Crippen LogP contribution in [0.2, 0.25) is 0 Å². The standard InChI is InChI=1S/C7H19N2O3PS.2H2O/c8-4-1-2-5-9-6-3-7-14-13(10,11)12;;/h9H,1-8H2,(H2,10,11,12);2*1H2. The number of rotatable bonds is 9. The van der Waals surface area contributed by atoms with Gasteiger partial charge in [0.1, 0.15) is 0 Å². The second kappa shape index (κ2) is 13.4. The Morgan fingerprint density at radius 3 is 2.19 bits per heavy atom. The zero-order chi connectivity index (χ0) is 10.9. The summed E-state index contributed by atoms with van der Waals surface area (Å²) in [6.07, 6.45) is 2.85. The highest BCUT2D eigenvalue weighted by Crippen LogP contribution is 2.50. The average molecular weight is 278 g/mol. The van der Waals surface area contributed by atoms with E-state index in [4.69, 9.17) is 15.5 Å². The van der Waals surface area contributed by atoms with Crippen molar-refractivity contribution in [3.63, 3.8) is 0 Å². The van der Waals surface area contributed by atoms with Crippen molar-refractivity contribution in [2.24, 2.45) is 5.73 Å². The first-order valence-corrected chi connectivity index (χ1v) is 7.87. The van der Waals surface area contributed by atoms with Crippen molar-refractivity contribution in [1.29, 1.82) is 0 Å². The number of hydrogen-bond donors (Lipinski definition) is 4. The van der Waals surface area contributed by atoms with Gasteiger partial charge in [-0.05, 0) is 50.3 Å². The van der Waals surface area contributed by atoms with Gasteiger partial charge < -0.3 is 31.8 Å². The summed E-state index contributed by atoms with van der Waals surface area (Å²) in [7, 11) is 0. The Morgan fingerprint density at radius 2 is 1.69 bits per heavy atom. The molecular weight excluding hydrogens is 255 g/mol. The van der Waals surface area contributed by atoms with Crippen molar-refractivity contribution in [3.05, 3.63) is 0 Å². The van der Waals surface area contributed by atoms with Gasteiger partial charge in [0.2, 0.25) is 0 Å². The first-order valence-electron chi connectivity index (χ1n) is 4.67. The Bertz CT molecular complexity index is 180. The van der Waals surface area contributed by atoms with Gasteiger partial charge in [0.15, 0.2) is 0 Å². The van der Waals surface area contributed by atoms with Crippen LogP contribution in [0.5, 0.6) is 0 Å². The fourth-order valence-corrected chi connectivity index (χ4v) is 2.51. The van der Waals surface area contributed by atoms with Crippen molar-refractivity contribution < 1.29 is 25.3 Å². The summed E-state index contributed by atoms with van der Waals surface area (Å²) in [5.41, 5.74) is 5.32. The topological polar surface area (TPSA) is 159 Å². The zero-order valence-electron chi connectivity index (χ0n) is 9.19. The third-order valence-corrected chi connectivity index (χ3v) is 3.93. The van der Waals surface area contributed by atoms with Crippen LogP contribution in [0.3, 0.4) is 0 Å². The van der Waals surface area contributed by atoms with Gasteiger partial charge in [0.05, 0.1) is 0 Å². The first kappa shape index (κ1) is 21.6. The van der Waals surface area contributed by atoms with Gasteiger partial charge >= 0.3 is 6.80 Å². The van der Waals surface area contributed by atoms with Crippen molar-refractivity contribution >= 4 is 18.2 Å². The first-order chi connectivity index (χ1) is 6.56. The molecule has 16 heavy (non-hydrogen) atoms. The molecule has 0 aliphatic rings. The van der Waals surface area contributed by atoms with Gasteiger partial charge in [-0.1, -0.05) is 0 Å². The molecule has 0 fully saturated rings. The second-order valence-corrected chi connectivity index (χ2v) is 6.77. The van der Waals surface area contributed by atoms with Crippen molar-refractivity contribution in [2.45, 2.75) is 19.3 Å². The van der Waals surface area contributed by atoms with Gasteiger partial charge in [-0.3, -0.25) is 0 Å². The summed E-state index contributed by atoms with van der Waals surface area (Å²) in [5.74, 6) is 0.494. The van der Waals surface area contributed by atoms with E-state index in [0.717, 1.165) is 38.9 Å². The molecule has 0 aromatic rings. The van der Waals surface area contributed by atoms with E-state index < -0.39 is 6.80 Å². The van der Waals surface area contributed by atoms with Crippen LogP contribution < -0.4 is 11.1 Å². The Kier molecular flexibility index (Phi) is 18.1. The lowest BCUT2D eigenvalue weighted by atomic mass is 10.3. The lowest BCUT2D eigenvalue weighted by Gasteiger charge is -2.04. The molecule has 0 saturated carbocycles. The molecule has 0 bridgehead atoms. The molecule has 0 atom stereocenters. The van der Waals surface area contributed by atoms with Crippen LogP contribution in [-0.2, 0) is 4.57 Å². The Balaban J connectivity index is -0.000000845. The van der Waals surface area contributed by atoms with E-state index in [0.29, 0.717) is 17.1 Å². The average Bonchev–Trinajstić information content (AvgIpc) is 2.08. The molecule has 9 heteroatoms. The van der Waals surface area contributed by atoms with E-state index in [1.54, 1.807) is 0 Å². The molecular formula is C7H23N2O5PS. The Hall–Kier alpha value is 0.340.